The van der Waals surface area contributed by atoms with Crippen LogP contribution in [0.2, 0.25) is 0 Å². The predicted molar refractivity (Wildman–Crippen MR) is 115 cm³/mol. The standard InChI is InChI=1S/C21H25N5OS/c1-14-5-8-17(9-6-14)22-12-19-24-25-21(26(19)4)28-13-20(27)23-18-10-7-15(2)11-16(18)3/h5-11,22H,12-13H2,1-4H3,(H,23,27). The minimum Gasteiger partial charge on any atom is -0.378 e. The van der Waals surface area contributed by atoms with Crippen molar-refractivity contribution in [3.63, 3.8) is 0 Å². The Kier molecular flexibility index (Phi) is 6.36. The number of benzene rings is 2. The number of hydrogen-bond acceptors (Lipinski definition) is 5. The molecule has 0 bridgehead atoms. The second-order valence-corrected chi connectivity index (χ2v) is 7.78. The quantitative estimate of drug-likeness (QED) is 0.590. The van der Waals surface area contributed by atoms with E-state index in [1.165, 1.54) is 22.9 Å². The van der Waals surface area contributed by atoms with Crippen molar-refractivity contribution in [2.45, 2.75) is 32.5 Å². The van der Waals surface area contributed by atoms with Gasteiger partial charge in [0.1, 0.15) is 0 Å². The van der Waals surface area contributed by atoms with Crippen LogP contribution in [0.25, 0.3) is 0 Å². The highest BCUT2D eigenvalue weighted by Crippen LogP contribution is 2.19. The Morgan fingerprint density at radius 3 is 2.46 bits per heavy atom. The van der Waals surface area contributed by atoms with Gasteiger partial charge in [0.15, 0.2) is 11.0 Å². The Labute approximate surface area is 169 Å². The molecule has 0 atom stereocenters. The predicted octanol–water partition coefficient (Wildman–Crippen LogP) is 4.08. The Morgan fingerprint density at radius 1 is 1.04 bits per heavy atom. The van der Waals surface area contributed by atoms with Gasteiger partial charge in [-0.3, -0.25) is 4.79 Å². The molecular formula is C21H25N5OS. The second-order valence-electron chi connectivity index (χ2n) is 6.83. The Bertz CT molecular complexity index is 965. The van der Waals surface area contributed by atoms with Crippen LogP contribution < -0.4 is 10.6 Å². The van der Waals surface area contributed by atoms with Gasteiger partial charge in [-0.05, 0) is 44.5 Å². The lowest BCUT2D eigenvalue weighted by Gasteiger charge is -2.09. The lowest BCUT2D eigenvalue weighted by molar-refractivity contribution is -0.113. The largest absolute Gasteiger partial charge is 0.378 e. The van der Waals surface area contributed by atoms with E-state index in [-0.39, 0.29) is 11.7 Å². The van der Waals surface area contributed by atoms with Crippen LogP contribution in [0.5, 0.6) is 0 Å². The molecule has 3 aromatic rings. The molecule has 1 aromatic heterocycles. The second kappa shape index (κ2) is 8.93. The van der Waals surface area contributed by atoms with Gasteiger partial charge in [0.2, 0.25) is 5.91 Å². The summed E-state index contributed by atoms with van der Waals surface area (Å²) in [4.78, 5) is 12.3. The molecule has 0 saturated carbocycles. The molecule has 6 nitrogen and oxygen atoms in total. The molecule has 1 heterocycles. The average Bonchev–Trinajstić information content (AvgIpc) is 3.02. The molecule has 1 amide bonds. The van der Waals surface area contributed by atoms with E-state index >= 15 is 0 Å². The zero-order valence-electron chi connectivity index (χ0n) is 16.6. The van der Waals surface area contributed by atoms with E-state index in [1.54, 1.807) is 0 Å². The lowest BCUT2D eigenvalue weighted by atomic mass is 10.1. The number of thioether (sulfide) groups is 1. The summed E-state index contributed by atoms with van der Waals surface area (Å²) >= 11 is 1.38. The van der Waals surface area contributed by atoms with Gasteiger partial charge in [-0.25, -0.2) is 0 Å². The number of carbonyl (C=O) groups is 1. The molecule has 0 unspecified atom stereocenters. The Hall–Kier alpha value is -2.80. The summed E-state index contributed by atoms with van der Waals surface area (Å²) in [6.07, 6.45) is 0. The summed E-state index contributed by atoms with van der Waals surface area (Å²) in [5, 5.41) is 15.5. The van der Waals surface area contributed by atoms with Crippen LogP contribution in [-0.4, -0.2) is 26.4 Å². The summed E-state index contributed by atoms with van der Waals surface area (Å²) in [7, 11) is 1.91. The van der Waals surface area contributed by atoms with E-state index < -0.39 is 0 Å². The van der Waals surface area contributed by atoms with Crippen molar-refractivity contribution in [2.75, 3.05) is 16.4 Å². The minimum atomic E-state index is -0.0562. The van der Waals surface area contributed by atoms with Crippen LogP contribution in [0.1, 0.15) is 22.5 Å². The monoisotopic (exact) mass is 395 g/mol. The normalized spacial score (nSPS) is 10.7. The number of rotatable bonds is 7. The molecule has 7 heteroatoms. The van der Waals surface area contributed by atoms with Gasteiger partial charge in [-0.2, -0.15) is 0 Å². The summed E-state index contributed by atoms with van der Waals surface area (Å²) < 4.78 is 1.91. The molecule has 3 rings (SSSR count). The van der Waals surface area contributed by atoms with Crippen molar-refractivity contribution < 1.29 is 4.79 Å². The fourth-order valence-corrected chi connectivity index (χ4v) is 3.48. The summed E-state index contributed by atoms with van der Waals surface area (Å²) in [5.74, 6) is 1.04. The number of amides is 1. The Morgan fingerprint density at radius 2 is 1.75 bits per heavy atom. The molecular weight excluding hydrogens is 370 g/mol. The van der Waals surface area contributed by atoms with Gasteiger partial charge < -0.3 is 15.2 Å². The first-order chi connectivity index (χ1) is 13.4. The van der Waals surface area contributed by atoms with Crippen molar-refractivity contribution in [3.05, 3.63) is 65.0 Å². The molecule has 2 N–H and O–H groups in total. The lowest BCUT2D eigenvalue weighted by Crippen LogP contribution is -2.15. The molecule has 0 saturated heterocycles. The topological polar surface area (TPSA) is 71.8 Å². The van der Waals surface area contributed by atoms with Crippen LogP contribution >= 0.6 is 11.8 Å². The zero-order chi connectivity index (χ0) is 20.1. The highest BCUT2D eigenvalue weighted by Gasteiger charge is 2.12. The fourth-order valence-electron chi connectivity index (χ4n) is 2.75. The van der Waals surface area contributed by atoms with Crippen molar-refractivity contribution >= 4 is 29.0 Å². The van der Waals surface area contributed by atoms with Crippen LogP contribution in [0.4, 0.5) is 11.4 Å². The molecule has 0 fully saturated rings. The van der Waals surface area contributed by atoms with Crippen molar-refractivity contribution in [2.24, 2.45) is 7.05 Å². The number of nitrogens with zero attached hydrogens (tertiary/aromatic N) is 3. The maximum atomic E-state index is 12.3. The SMILES string of the molecule is Cc1ccc(NCc2nnc(SCC(=O)Nc3ccc(C)cc3C)n2C)cc1. The van der Waals surface area contributed by atoms with E-state index in [9.17, 15) is 4.79 Å². The minimum absolute atomic E-state index is 0.0562. The third-order valence-electron chi connectivity index (χ3n) is 4.42. The zero-order valence-corrected chi connectivity index (χ0v) is 17.4. The van der Waals surface area contributed by atoms with E-state index in [2.05, 4.69) is 46.0 Å². The van der Waals surface area contributed by atoms with Crippen molar-refractivity contribution in [3.8, 4) is 0 Å². The fraction of sp³-hybridized carbons (Fsp3) is 0.286. The number of carbonyl (C=O) groups excluding carboxylic acids is 1. The molecule has 0 radical (unpaired) electrons. The average molecular weight is 396 g/mol. The molecule has 2 aromatic carbocycles. The summed E-state index contributed by atoms with van der Waals surface area (Å²) in [6, 6.07) is 14.2. The molecule has 146 valence electrons. The van der Waals surface area contributed by atoms with Gasteiger partial charge in [-0.1, -0.05) is 47.2 Å². The first-order valence-electron chi connectivity index (χ1n) is 9.11. The molecule has 0 aliphatic carbocycles. The van der Waals surface area contributed by atoms with Crippen LogP contribution in [-0.2, 0) is 18.4 Å². The van der Waals surface area contributed by atoms with E-state index in [0.717, 1.165) is 27.9 Å². The van der Waals surface area contributed by atoms with E-state index in [1.807, 2.05) is 49.7 Å². The van der Waals surface area contributed by atoms with Gasteiger partial charge >= 0.3 is 0 Å². The van der Waals surface area contributed by atoms with Gasteiger partial charge in [0.25, 0.3) is 0 Å². The molecule has 0 aliphatic rings. The highest BCUT2D eigenvalue weighted by molar-refractivity contribution is 7.99. The van der Waals surface area contributed by atoms with E-state index in [4.69, 9.17) is 0 Å². The first kappa shape index (κ1) is 19.9. The number of anilines is 2. The van der Waals surface area contributed by atoms with Crippen LogP contribution in [0.3, 0.4) is 0 Å². The van der Waals surface area contributed by atoms with Crippen LogP contribution in [0.15, 0.2) is 47.6 Å². The summed E-state index contributed by atoms with van der Waals surface area (Å²) in [6.45, 7) is 6.66. The maximum absolute atomic E-state index is 12.3. The first-order valence-corrected chi connectivity index (χ1v) is 10.1. The van der Waals surface area contributed by atoms with Gasteiger partial charge in [0, 0.05) is 18.4 Å². The summed E-state index contributed by atoms with van der Waals surface area (Å²) in [5.41, 5.74) is 5.34. The van der Waals surface area contributed by atoms with E-state index in [0.29, 0.717) is 6.54 Å². The van der Waals surface area contributed by atoms with Crippen molar-refractivity contribution in [1.29, 1.82) is 0 Å². The molecule has 0 spiro atoms. The Balaban J connectivity index is 1.53. The van der Waals surface area contributed by atoms with Gasteiger partial charge in [0.05, 0.1) is 12.3 Å². The maximum Gasteiger partial charge on any atom is 0.234 e. The third kappa shape index (κ3) is 5.13. The smallest absolute Gasteiger partial charge is 0.234 e. The number of aromatic nitrogens is 3. The number of hydrogen-bond donors (Lipinski definition) is 2. The molecule has 0 aliphatic heterocycles. The number of nitrogens with one attached hydrogen (secondary N) is 2. The third-order valence-corrected chi connectivity index (χ3v) is 5.44. The van der Waals surface area contributed by atoms with Crippen LogP contribution in [0, 0.1) is 20.8 Å². The van der Waals surface area contributed by atoms with Gasteiger partial charge in [-0.15, -0.1) is 10.2 Å². The van der Waals surface area contributed by atoms with Crippen molar-refractivity contribution in [1.82, 2.24) is 14.8 Å². The highest BCUT2D eigenvalue weighted by atomic mass is 32.2. The molecule has 28 heavy (non-hydrogen) atoms. The number of aryl methyl sites for hydroxylation is 3.